The Balaban J connectivity index is -0.000000853. The van der Waals surface area contributed by atoms with Crippen LogP contribution in [-0.2, 0) is 0 Å². The van der Waals surface area contributed by atoms with Crippen LogP contribution in [-0.4, -0.2) is 76.0 Å². The van der Waals surface area contributed by atoms with Crippen LogP contribution >= 0.6 is 11.6 Å². The molecule has 9 heteroatoms. The van der Waals surface area contributed by atoms with Gasteiger partial charge < -0.3 is 13.1 Å². The molecule has 7 nitrogen and oxygen atoms in total. The summed E-state index contributed by atoms with van der Waals surface area (Å²) >= 11 is 5.45. The first-order chi connectivity index (χ1) is 7.36. The van der Waals surface area contributed by atoms with Gasteiger partial charge in [-0.15, -0.1) is 0 Å². The van der Waals surface area contributed by atoms with Gasteiger partial charge in [0.1, 0.15) is 5.02 Å². The first kappa shape index (κ1) is 16.4. The zero-order chi connectivity index (χ0) is 12.5. The molecule has 0 atom stereocenters. The van der Waals surface area contributed by atoms with E-state index in [1.165, 1.54) is 0 Å². The maximum absolute atomic E-state index is 10.8. The van der Waals surface area contributed by atoms with E-state index in [9.17, 15) is 19.7 Å². The van der Waals surface area contributed by atoms with Crippen molar-refractivity contribution in [3.8, 4) is 0 Å². The molecule has 1 rings (SSSR count). The summed E-state index contributed by atoms with van der Waals surface area (Å²) in [6.07, 6.45) is 0. The average molecular weight is 385 g/mol. The smallest absolute Gasteiger partial charge is 1.00 e. The van der Waals surface area contributed by atoms with Gasteiger partial charge in [-0.25, -0.2) is 9.59 Å². The maximum Gasteiger partial charge on any atom is 2.00 e. The first-order valence-electron chi connectivity index (χ1n) is 3.79. The normalized spacial score (nSPS) is 9.24. The summed E-state index contributed by atoms with van der Waals surface area (Å²) in [6, 6.07) is 1.87. The summed E-state index contributed by atoms with van der Waals surface area (Å²) in [4.78, 5) is 31.0. The number of carboxylic acid groups (broad SMARTS) is 2. The average Bonchev–Trinajstić information content (AvgIpc) is 2.15. The van der Waals surface area contributed by atoms with Gasteiger partial charge in [0.15, 0.2) is 5.56 Å². The Bertz CT molecular complexity index is 512. The van der Waals surface area contributed by atoms with Crippen molar-refractivity contribution in [3.05, 3.63) is 38.4 Å². The fourth-order valence-corrected chi connectivity index (χ4v) is 1.37. The maximum atomic E-state index is 10.8. The molecule has 0 saturated carbocycles. The van der Waals surface area contributed by atoms with Crippen molar-refractivity contribution in [2.24, 2.45) is 0 Å². The topological polar surface area (TPSA) is 118 Å². The largest absolute Gasteiger partial charge is 2.00 e. The van der Waals surface area contributed by atoms with Crippen LogP contribution in [0.15, 0.2) is 12.1 Å². The summed E-state index contributed by atoms with van der Waals surface area (Å²) in [6.45, 7) is 0. The number of aromatic carboxylic acids is 2. The quantitative estimate of drug-likeness (QED) is 0.463. The van der Waals surface area contributed by atoms with Gasteiger partial charge in [-0.3, -0.25) is 10.1 Å². The van der Waals surface area contributed by atoms with E-state index in [2.05, 4.69) is 0 Å². The van der Waals surface area contributed by atoms with E-state index in [-0.39, 0.29) is 51.7 Å². The Kier molecular flexibility index (Phi) is 6.16. The Morgan fingerprint density at radius 2 is 1.82 bits per heavy atom. The molecule has 1 aromatic carbocycles. The number of hydrogen-bond acceptors (Lipinski definition) is 4. The van der Waals surface area contributed by atoms with Gasteiger partial charge in [0.2, 0.25) is 0 Å². The van der Waals surface area contributed by atoms with Crippen molar-refractivity contribution in [3.63, 3.8) is 0 Å². The van der Waals surface area contributed by atoms with Crippen molar-refractivity contribution in [1.82, 2.24) is 0 Å². The molecular formula is C8H6BaClNO6. The standard InChI is InChI=1S/C8H4ClNO6.Ba.2H/c9-4-2-1-3(7(11)12)5(8(13)14)6(4)10(15)16;;;/h1-2H,(H,11,12)(H,13,14);;;/q;+2;2*-1. The number of nitro groups is 1. The Morgan fingerprint density at radius 3 is 2.18 bits per heavy atom. The zero-order valence-corrected chi connectivity index (χ0v) is 13.4. The minimum absolute atomic E-state index is 0. The van der Waals surface area contributed by atoms with E-state index in [1.807, 2.05) is 0 Å². The monoisotopic (exact) mass is 385 g/mol. The number of carboxylic acids is 2. The van der Waals surface area contributed by atoms with Gasteiger partial charge in [0.25, 0.3) is 0 Å². The number of benzene rings is 1. The Hall–Kier alpha value is -0.579. The summed E-state index contributed by atoms with van der Waals surface area (Å²) in [5.41, 5.74) is -2.53. The molecule has 0 aliphatic heterocycles. The van der Waals surface area contributed by atoms with E-state index in [1.54, 1.807) is 0 Å². The van der Waals surface area contributed by atoms with Gasteiger partial charge in [0, 0.05) is 0 Å². The Morgan fingerprint density at radius 1 is 1.29 bits per heavy atom. The molecule has 0 heterocycles. The molecule has 0 aromatic heterocycles. The van der Waals surface area contributed by atoms with E-state index in [4.69, 9.17) is 21.8 Å². The van der Waals surface area contributed by atoms with Crippen LogP contribution < -0.4 is 0 Å². The number of nitrogens with zero attached hydrogens (tertiary/aromatic N) is 1. The van der Waals surface area contributed by atoms with Crippen LogP contribution in [0.3, 0.4) is 0 Å². The second kappa shape index (κ2) is 6.38. The van der Waals surface area contributed by atoms with Crippen molar-refractivity contribution >= 4 is 78.1 Å². The SMILES string of the molecule is O=C(O)c1ccc(Cl)c([N+](=O)[O-])c1C(=O)O.[Ba+2].[H-].[H-]. The molecule has 0 aliphatic carbocycles. The molecule has 0 aliphatic rings. The summed E-state index contributed by atoms with van der Waals surface area (Å²) in [5, 5.41) is 27.6. The third-order valence-corrected chi connectivity index (χ3v) is 2.06. The first-order valence-corrected chi connectivity index (χ1v) is 4.17. The van der Waals surface area contributed by atoms with Crippen molar-refractivity contribution < 1.29 is 27.6 Å². The van der Waals surface area contributed by atoms with E-state index >= 15 is 0 Å². The van der Waals surface area contributed by atoms with Crippen molar-refractivity contribution in [2.45, 2.75) is 0 Å². The molecular weight excluding hydrogens is 379 g/mol. The molecule has 0 fully saturated rings. The molecule has 17 heavy (non-hydrogen) atoms. The number of rotatable bonds is 3. The van der Waals surface area contributed by atoms with Crippen LogP contribution in [0.4, 0.5) is 5.69 Å². The number of halogens is 1. The predicted octanol–water partition coefficient (Wildman–Crippen LogP) is 1.49. The summed E-state index contributed by atoms with van der Waals surface area (Å²) in [7, 11) is 0. The van der Waals surface area contributed by atoms with Crippen molar-refractivity contribution in [1.29, 1.82) is 0 Å². The summed E-state index contributed by atoms with van der Waals surface area (Å²) < 4.78 is 0. The van der Waals surface area contributed by atoms with Gasteiger partial charge in [-0.05, 0) is 12.1 Å². The fraction of sp³-hybridized carbons (Fsp3) is 0. The predicted molar refractivity (Wildman–Crippen MR) is 60.0 cm³/mol. The van der Waals surface area contributed by atoms with Crippen LogP contribution in [0.5, 0.6) is 0 Å². The molecule has 0 bridgehead atoms. The number of hydrogen-bond donors (Lipinski definition) is 2. The van der Waals surface area contributed by atoms with Crippen LogP contribution in [0.2, 0.25) is 5.02 Å². The molecule has 0 unspecified atom stereocenters. The molecule has 0 saturated heterocycles. The minimum atomic E-state index is -1.72. The van der Waals surface area contributed by atoms with Crippen LogP contribution in [0.1, 0.15) is 23.6 Å². The van der Waals surface area contributed by atoms with Crippen LogP contribution in [0, 0.1) is 10.1 Å². The fourth-order valence-electron chi connectivity index (χ4n) is 1.14. The third kappa shape index (κ3) is 3.44. The summed E-state index contributed by atoms with van der Waals surface area (Å²) in [5.74, 6) is -3.29. The van der Waals surface area contributed by atoms with Gasteiger partial charge in [-0.1, -0.05) is 11.6 Å². The molecule has 2 N–H and O–H groups in total. The van der Waals surface area contributed by atoms with Crippen molar-refractivity contribution in [2.75, 3.05) is 0 Å². The number of nitro benzene ring substituents is 1. The second-order valence-corrected chi connectivity index (χ2v) is 3.09. The third-order valence-electron chi connectivity index (χ3n) is 1.76. The minimum Gasteiger partial charge on any atom is -1.00 e. The van der Waals surface area contributed by atoms with Gasteiger partial charge in [-0.2, -0.15) is 0 Å². The Labute approximate surface area is 143 Å². The molecule has 0 radical (unpaired) electrons. The molecule has 0 spiro atoms. The second-order valence-electron chi connectivity index (χ2n) is 2.69. The number of carbonyl (C=O) groups is 2. The zero-order valence-electron chi connectivity index (χ0n) is 10.2. The van der Waals surface area contributed by atoms with Gasteiger partial charge >= 0.3 is 66.5 Å². The van der Waals surface area contributed by atoms with Crippen LogP contribution in [0.25, 0.3) is 0 Å². The molecule has 88 valence electrons. The van der Waals surface area contributed by atoms with E-state index in [0.717, 1.165) is 12.1 Å². The van der Waals surface area contributed by atoms with E-state index < -0.39 is 38.7 Å². The van der Waals surface area contributed by atoms with Gasteiger partial charge in [0.05, 0.1) is 10.5 Å². The molecule has 0 amide bonds. The van der Waals surface area contributed by atoms with E-state index in [0.29, 0.717) is 0 Å². The molecule has 1 aromatic rings.